The van der Waals surface area contributed by atoms with E-state index >= 15 is 0 Å². The van der Waals surface area contributed by atoms with Gasteiger partial charge in [0.05, 0.1) is 11.3 Å². The van der Waals surface area contributed by atoms with Crippen LogP contribution in [0.1, 0.15) is 21.5 Å². The molecule has 0 radical (unpaired) electrons. The van der Waals surface area contributed by atoms with Crippen LogP contribution in [-0.4, -0.2) is 17.0 Å². The molecule has 0 unspecified atom stereocenters. The lowest BCUT2D eigenvalue weighted by atomic mass is 10.1. The van der Waals surface area contributed by atoms with Gasteiger partial charge < -0.3 is 10.4 Å². The van der Waals surface area contributed by atoms with E-state index in [0.29, 0.717) is 0 Å². The number of carboxylic acid groups (broad SMARTS) is 1. The third-order valence-electron chi connectivity index (χ3n) is 2.89. The van der Waals surface area contributed by atoms with Crippen LogP contribution >= 0.6 is 0 Å². The fourth-order valence-corrected chi connectivity index (χ4v) is 1.85. The van der Waals surface area contributed by atoms with Crippen molar-refractivity contribution in [2.75, 3.05) is 5.32 Å². The summed E-state index contributed by atoms with van der Waals surface area (Å²) in [6, 6.07) is 14.3. The van der Waals surface area contributed by atoms with Gasteiger partial charge in [0.15, 0.2) is 0 Å². The van der Waals surface area contributed by atoms with Gasteiger partial charge in [-0.2, -0.15) is 0 Å². The van der Waals surface area contributed by atoms with Crippen molar-refractivity contribution in [2.45, 2.75) is 6.92 Å². The molecule has 0 saturated carbocycles. The maximum Gasteiger partial charge on any atom is 0.337 e. The molecule has 0 atom stereocenters. The van der Waals surface area contributed by atoms with Gasteiger partial charge in [-0.3, -0.25) is 4.79 Å². The first kappa shape index (κ1) is 14.5. The molecule has 0 saturated heterocycles. The van der Waals surface area contributed by atoms with Gasteiger partial charge in [0, 0.05) is 6.08 Å². The number of hydrogen-bond acceptors (Lipinski definition) is 2. The Balaban J connectivity index is 2.13. The molecule has 0 fully saturated rings. The lowest BCUT2D eigenvalue weighted by Gasteiger charge is -2.07. The Morgan fingerprint density at radius 1 is 1.10 bits per heavy atom. The third kappa shape index (κ3) is 4.04. The molecule has 106 valence electrons. The molecule has 4 heteroatoms. The summed E-state index contributed by atoms with van der Waals surface area (Å²) in [6.07, 6.45) is 3.05. The summed E-state index contributed by atoms with van der Waals surface area (Å²) >= 11 is 0. The Bertz CT molecular complexity index is 690. The summed E-state index contributed by atoms with van der Waals surface area (Å²) in [7, 11) is 0. The van der Waals surface area contributed by atoms with E-state index in [0.717, 1.165) is 11.1 Å². The third-order valence-corrected chi connectivity index (χ3v) is 2.89. The van der Waals surface area contributed by atoms with E-state index in [9.17, 15) is 9.59 Å². The second kappa shape index (κ2) is 6.52. The van der Waals surface area contributed by atoms with E-state index < -0.39 is 5.97 Å². The standard InChI is InChI=1S/C17H15NO3/c1-12-7-9-15(14(11-12)17(20)21)18-16(19)10-8-13-5-3-2-4-6-13/h2-11H,1H3,(H,18,19)(H,20,21)/b10-8+. The first-order valence-corrected chi connectivity index (χ1v) is 6.44. The van der Waals surface area contributed by atoms with Crippen molar-refractivity contribution in [3.63, 3.8) is 0 Å². The zero-order valence-electron chi connectivity index (χ0n) is 11.5. The SMILES string of the molecule is Cc1ccc(NC(=O)/C=C/c2ccccc2)c(C(=O)O)c1. The van der Waals surface area contributed by atoms with Crippen molar-refractivity contribution in [1.29, 1.82) is 0 Å². The topological polar surface area (TPSA) is 66.4 Å². The molecule has 0 heterocycles. The monoisotopic (exact) mass is 281 g/mol. The highest BCUT2D eigenvalue weighted by Gasteiger charge is 2.11. The molecule has 0 bridgehead atoms. The number of aromatic carboxylic acids is 1. The molecule has 2 aromatic rings. The van der Waals surface area contributed by atoms with Crippen molar-refractivity contribution in [2.24, 2.45) is 0 Å². The summed E-state index contributed by atoms with van der Waals surface area (Å²) < 4.78 is 0. The Kier molecular flexibility index (Phi) is 4.51. The highest BCUT2D eigenvalue weighted by molar-refractivity contribution is 6.06. The van der Waals surface area contributed by atoms with Crippen LogP contribution in [0.3, 0.4) is 0 Å². The first-order chi connectivity index (χ1) is 10.1. The average Bonchev–Trinajstić information content (AvgIpc) is 2.48. The molecule has 0 aliphatic heterocycles. The fourth-order valence-electron chi connectivity index (χ4n) is 1.85. The molecule has 2 aromatic carbocycles. The molecule has 0 aliphatic carbocycles. The van der Waals surface area contributed by atoms with Gasteiger partial charge in [-0.25, -0.2) is 4.79 Å². The number of rotatable bonds is 4. The lowest BCUT2D eigenvalue weighted by Crippen LogP contribution is -2.12. The summed E-state index contributed by atoms with van der Waals surface area (Å²) in [5.41, 5.74) is 2.09. The number of anilines is 1. The number of carbonyl (C=O) groups excluding carboxylic acids is 1. The van der Waals surface area contributed by atoms with E-state index in [-0.39, 0.29) is 17.2 Å². The Hall–Kier alpha value is -2.88. The number of hydrogen-bond donors (Lipinski definition) is 2. The minimum absolute atomic E-state index is 0.0801. The maximum absolute atomic E-state index is 11.9. The largest absolute Gasteiger partial charge is 0.478 e. The van der Waals surface area contributed by atoms with Gasteiger partial charge in [0.2, 0.25) is 5.91 Å². The molecule has 2 N–H and O–H groups in total. The van der Waals surface area contributed by atoms with Crippen LogP contribution in [0.25, 0.3) is 6.08 Å². The van der Waals surface area contributed by atoms with E-state index in [1.165, 1.54) is 12.1 Å². The minimum Gasteiger partial charge on any atom is -0.478 e. The summed E-state index contributed by atoms with van der Waals surface area (Å²) in [5.74, 6) is -1.44. The van der Waals surface area contributed by atoms with Crippen LogP contribution in [0.2, 0.25) is 0 Å². The molecular formula is C17H15NO3. The molecule has 2 rings (SSSR count). The van der Waals surface area contributed by atoms with Crippen molar-refractivity contribution < 1.29 is 14.7 Å². The Morgan fingerprint density at radius 3 is 2.48 bits per heavy atom. The molecule has 4 nitrogen and oxygen atoms in total. The summed E-state index contributed by atoms with van der Waals surface area (Å²) in [5, 5.41) is 11.7. The Morgan fingerprint density at radius 2 is 1.81 bits per heavy atom. The second-order valence-corrected chi connectivity index (χ2v) is 4.59. The maximum atomic E-state index is 11.9. The van der Waals surface area contributed by atoms with Crippen LogP contribution < -0.4 is 5.32 Å². The molecule has 1 amide bonds. The van der Waals surface area contributed by atoms with E-state index in [1.54, 1.807) is 25.1 Å². The average molecular weight is 281 g/mol. The number of amides is 1. The van der Waals surface area contributed by atoms with Gasteiger partial charge >= 0.3 is 5.97 Å². The molecular weight excluding hydrogens is 266 g/mol. The van der Waals surface area contributed by atoms with Crippen molar-refractivity contribution >= 4 is 23.6 Å². The smallest absolute Gasteiger partial charge is 0.337 e. The van der Waals surface area contributed by atoms with Crippen molar-refractivity contribution in [3.05, 3.63) is 71.3 Å². The minimum atomic E-state index is -1.07. The quantitative estimate of drug-likeness (QED) is 0.845. The second-order valence-electron chi connectivity index (χ2n) is 4.59. The predicted octanol–water partition coefficient (Wildman–Crippen LogP) is 3.35. The van der Waals surface area contributed by atoms with Crippen LogP contribution in [0.5, 0.6) is 0 Å². The molecule has 0 spiro atoms. The van der Waals surface area contributed by atoms with Crippen LogP contribution in [0.4, 0.5) is 5.69 Å². The highest BCUT2D eigenvalue weighted by atomic mass is 16.4. The Labute approximate surface area is 122 Å². The van der Waals surface area contributed by atoms with E-state index in [2.05, 4.69) is 5.32 Å². The number of nitrogens with one attached hydrogen (secondary N) is 1. The zero-order valence-corrected chi connectivity index (χ0v) is 11.5. The number of carboxylic acids is 1. The van der Waals surface area contributed by atoms with Crippen LogP contribution in [0, 0.1) is 6.92 Å². The number of aryl methyl sites for hydroxylation is 1. The van der Waals surface area contributed by atoms with Crippen LogP contribution in [0.15, 0.2) is 54.6 Å². The highest BCUT2D eigenvalue weighted by Crippen LogP contribution is 2.17. The zero-order chi connectivity index (χ0) is 15.2. The predicted molar refractivity (Wildman–Crippen MR) is 82.2 cm³/mol. The molecule has 0 aliphatic rings. The van der Waals surface area contributed by atoms with E-state index in [1.807, 2.05) is 30.3 Å². The first-order valence-electron chi connectivity index (χ1n) is 6.44. The summed E-state index contributed by atoms with van der Waals surface area (Å²) in [6.45, 7) is 1.80. The van der Waals surface area contributed by atoms with E-state index in [4.69, 9.17) is 5.11 Å². The van der Waals surface area contributed by atoms with Gasteiger partial charge in [0.25, 0.3) is 0 Å². The number of carbonyl (C=O) groups is 2. The molecule has 21 heavy (non-hydrogen) atoms. The van der Waals surface area contributed by atoms with Gasteiger partial charge in [-0.1, -0.05) is 42.0 Å². The summed E-state index contributed by atoms with van der Waals surface area (Å²) in [4.78, 5) is 23.0. The lowest BCUT2D eigenvalue weighted by molar-refractivity contribution is -0.111. The van der Waals surface area contributed by atoms with Crippen LogP contribution in [-0.2, 0) is 4.79 Å². The van der Waals surface area contributed by atoms with Gasteiger partial charge in [0.1, 0.15) is 0 Å². The van der Waals surface area contributed by atoms with Gasteiger partial charge in [-0.15, -0.1) is 0 Å². The molecule has 0 aromatic heterocycles. The van der Waals surface area contributed by atoms with Crippen molar-refractivity contribution in [1.82, 2.24) is 0 Å². The number of benzene rings is 2. The fraction of sp³-hybridized carbons (Fsp3) is 0.0588. The normalized spacial score (nSPS) is 10.5. The van der Waals surface area contributed by atoms with Gasteiger partial charge in [-0.05, 0) is 30.7 Å². The van der Waals surface area contributed by atoms with Crippen molar-refractivity contribution in [3.8, 4) is 0 Å².